The Morgan fingerprint density at radius 2 is 2.17 bits per heavy atom. The van der Waals surface area contributed by atoms with Crippen LogP contribution in [0.5, 0.6) is 0 Å². The summed E-state index contributed by atoms with van der Waals surface area (Å²) in [4.78, 5) is 2.07. The van der Waals surface area contributed by atoms with Crippen LogP contribution >= 0.6 is 22.6 Å². The fourth-order valence-electron chi connectivity index (χ4n) is 2.37. The van der Waals surface area contributed by atoms with Crippen LogP contribution < -0.4 is 5.73 Å². The molecule has 2 rings (SSSR count). The van der Waals surface area contributed by atoms with E-state index in [4.69, 9.17) is 5.73 Å². The molecule has 1 heterocycles. The number of rotatable bonds is 3. The first-order valence-electron chi connectivity index (χ1n) is 6.00. The van der Waals surface area contributed by atoms with Crippen LogP contribution in [0.1, 0.15) is 18.9 Å². The molecule has 0 spiro atoms. The van der Waals surface area contributed by atoms with E-state index in [1.165, 1.54) is 12.1 Å². The first-order chi connectivity index (χ1) is 8.45. The monoisotopic (exact) mass is 366 g/mol. The van der Waals surface area contributed by atoms with Crippen LogP contribution in [0.2, 0.25) is 0 Å². The number of nitrogens with two attached hydrogens (primary N) is 1. The van der Waals surface area contributed by atoms with E-state index in [2.05, 4.69) is 11.8 Å². The Morgan fingerprint density at radius 1 is 1.44 bits per heavy atom. The molecule has 1 unspecified atom stereocenters. The molecule has 1 saturated heterocycles. The standard InChI is InChI=1S/C13H17F2IN2/c1-13(7-17)4-5-18(8-13)6-9-10(14)2-3-11(16)12(9)15/h2-3H,4-8,17H2,1H3. The number of benzene rings is 1. The van der Waals surface area contributed by atoms with Gasteiger partial charge in [-0.25, -0.2) is 8.78 Å². The average molecular weight is 366 g/mol. The molecule has 5 heteroatoms. The van der Waals surface area contributed by atoms with Crippen LogP contribution in [0.3, 0.4) is 0 Å². The van der Waals surface area contributed by atoms with Crippen molar-refractivity contribution >= 4 is 22.6 Å². The Balaban J connectivity index is 2.14. The third-order valence-electron chi connectivity index (χ3n) is 3.65. The largest absolute Gasteiger partial charge is 0.330 e. The summed E-state index contributed by atoms with van der Waals surface area (Å²) in [6, 6.07) is 2.79. The van der Waals surface area contributed by atoms with Crippen LogP contribution in [0.25, 0.3) is 0 Å². The van der Waals surface area contributed by atoms with Crippen molar-refractivity contribution in [3.05, 3.63) is 32.9 Å². The number of nitrogens with zero attached hydrogens (tertiary/aromatic N) is 1. The molecule has 1 atom stereocenters. The molecule has 18 heavy (non-hydrogen) atoms. The van der Waals surface area contributed by atoms with Gasteiger partial charge in [-0.2, -0.15) is 0 Å². The fourth-order valence-corrected chi connectivity index (χ4v) is 2.87. The summed E-state index contributed by atoms with van der Waals surface area (Å²) in [5, 5.41) is 0. The number of halogens is 3. The fraction of sp³-hybridized carbons (Fsp3) is 0.538. The zero-order valence-electron chi connectivity index (χ0n) is 10.3. The van der Waals surface area contributed by atoms with Gasteiger partial charge in [0.2, 0.25) is 0 Å². The minimum atomic E-state index is -0.464. The van der Waals surface area contributed by atoms with Gasteiger partial charge >= 0.3 is 0 Å². The molecular weight excluding hydrogens is 349 g/mol. The second-order valence-corrected chi connectivity index (χ2v) is 6.46. The summed E-state index contributed by atoms with van der Waals surface area (Å²) >= 11 is 1.89. The van der Waals surface area contributed by atoms with E-state index in [1.54, 1.807) is 0 Å². The summed E-state index contributed by atoms with van der Waals surface area (Å²) < 4.78 is 28.0. The van der Waals surface area contributed by atoms with E-state index >= 15 is 0 Å². The van der Waals surface area contributed by atoms with Gasteiger partial charge in [-0.3, -0.25) is 4.90 Å². The molecule has 2 N–H and O–H groups in total. The minimum absolute atomic E-state index is 0.0783. The molecule has 0 bridgehead atoms. The normalized spacial score (nSPS) is 24.7. The predicted octanol–water partition coefficient (Wildman–Crippen LogP) is 2.74. The zero-order valence-corrected chi connectivity index (χ0v) is 12.5. The van der Waals surface area contributed by atoms with Crippen molar-refractivity contribution in [1.29, 1.82) is 0 Å². The lowest BCUT2D eigenvalue weighted by atomic mass is 9.90. The van der Waals surface area contributed by atoms with Crippen molar-refractivity contribution in [2.45, 2.75) is 19.9 Å². The van der Waals surface area contributed by atoms with E-state index in [0.717, 1.165) is 19.5 Å². The summed E-state index contributed by atoms with van der Waals surface area (Å²) in [6.45, 7) is 4.70. The maximum absolute atomic E-state index is 13.9. The zero-order chi connectivity index (χ0) is 13.3. The first kappa shape index (κ1) is 14.1. The van der Waals surface area contributed by atoms with E-state index < -0.39 is 11.6 Å². The van der Waals surface area contributed by atoms with E-state index in [-0.39, 0.29) is 11.0 Å². The maximum atomic E-state index is 13.9. The highest BCUT2D eigenvalue weighted by Gasteiger charge is 2.33. The van der Waals surface area contributed by atoms with Crippen LogP contribution in [-0.4, -0.2) is 24.5 Å². The van der Waals surface area contributed by atoms with Gasteiger partial charge in [0.25, 0.3) is 0 Å². The number of likely N-dealkylation sites (tertiary alicyclic amines) is 1. The van der Waals surface area contributed by atoms with Gasteiger partial charge in [0.1, 0.15) is 11.6 Å². The highest BCUT2D eigenvalue weighted by molar-refractivity contribution is 14.1. The molecule has 2 nitrogen and oxygen atoms in total. The highest BCUT2D eigenvalue weighted by atomic mass is 127. The van der Waals surface area contributed by atoms with Crippen molar-refractivity contribution in [2.75, 3.05) is 19.6 Å². The second kappa shape index (κ2) is 5.38. The van der Waals surface area contributed by atoms with Crippen molar-refractivity contribution in [3.8, 4) is 0 Å². The Labute approximate surface area is 120 Å². The smallest absolute Gasteiger partial charge is 0.143 e. The Hall–Kier alpha value is -0.270. The predicted molar refractivity (Wildman–Crippen MR) is 76.1 cm³/mol. The highest BCUT2D eigenvalue weighted by Crippen LogP contribution is 2.30. The second-order valence-electron chi connectivity index (χ2n) is 5.30. The lowest BCUT2D eigenvalue weighted by molar-refractivity contribution is 0.267. The molecule has 1 aliphatic heterocycles. The van der Waals surface area contributed by atoms with Gasteiger partial charge in [-0.05, 0) is 59.6 Å². The number of hydrogen-bond donors (Lipinski definition) is 1. The van der Waals surface area contributed by atoms with E-state index in [0.29, 0.717) is 16.7 Å². The Bertz CT molecular complexity index is 453. The van der Waals surface area contributed by atoms with Gasteiger partial charge in [0, 0.05) is 22.2 Å². The molecule has 0 aliphatic carbocycles. The van der Waals surface area contributed by atoms with Gasteiger partial charge < -0.3 is 5.73 Å². The molecule has 0 aromatic heterocycles. The molecule has 0 saturated carbocycles. The molecule has 0 radical (unpaired) electrons. The topological polar surface area (TPSA) is 29.3 Å². The van der Waals surface area contributed by atoms with Crippen molar-refractivity contribution in [2.24, 2.45) is 11.1 Å². The third-order valence-corrected chi connectivity index (χ3v) is 4.48. The molecule has 1 aromatic carbocycles. The SMILES string of the molecule is CC1(CN)CCN(Cc2c(F)ccc(I)c2F)C1. The Morgan fingerprint density at radius 3 is 2.78 bits per heavy atom. The van der Waals surface area contributed by atoms with Crippen molar-refractivity contribution in [3.63, 3.8) is 0 Å². The van der Waals surface area contributed by atoms with Crippen LogP contribution in [-0.2, 0) is 6.54 Å². The summed E-state index contributed by atoms with van der Waals surface area (Å²) in [7, 11) is 0. The lowest BCUT2D eigenvalue weighted by Crippen LogP contribution is -2.31. The van der Waals surface area contributed by atoms with Crippen molar-refractivity contribution in [1.82, 2.24) is 4.90 Å². The van der Waals surface area contributed by atoms with Crippen LogP contribution in [0.4, 0.5) is 8.78 Å². The lowest BCUT2D eigenvalue weighted by Gasteiger charge is -2.23. The summed E-state index contributed by atoms with van der Waals surface area (Å²) in [6.07, 6.45) is 0.983. The van der Waals surface area contributed by atoms with Crippen LogP contribution in [0.15, 0.2) is 12.1 Å². The summed E-state index contributed by atoms with van der Waals surface area (Å²) in [5.74, 6) is -0.897. The van der Waals surface area contributed by atoms with Crippen LogP contribution in [0, 0.1) is 20.6 Å². The maximum Gasteiger partial charge on any atom is 0.143 e. The summed E-state index contributed by atoms with van der Waals surface area (Å²) in [5.41, 5.74) is 5.98. The quantitative estimate of drug-likeness (QED) is 0.659. The molecule has 1 aromatic rings. The molecule has 1 aliphatic rings. The Kier molecular flexibility index (Phi) is 4.23. The van der Waals surface area contributed by atoms with Gasteiger partial charge in [0.15, 0.2) is 0 Å². The number of hydrogen-bond acceptors (Lipinski definition) is 2. The average Bonchev–Trinajstić information content (AvgIpc) is 2.72. The molecule has 1 fully saturated rings. The van der Waals surface area contributed by atoms with Gasteiger partial charge in [-0.15, -0.1) is 0 Å². The van der Waals surface area contributed by atoms with E-state index in [1.807, 2.05) is 22.6 Å². The molecule has 100 valence electrons. The van der Waals surface area contributed by atoms with Gasteiger partial charge in [0.05, 0.1) is 0 Å². The van der Waals surface area contributed by atoms with Gasteiger partial charge in [-0.1, -0.05) is 6.92 Å². The first-order valence-corrected chi connectivity index (χ1v) is 7.08. The van der Waals surface area contributed by atoms with Crippen molar-refractivity contribution < 1.29 is 8.78 Å². The minimum Gasteiger partial charge on any atom is -0.330 e. The molecule has 0 amide bonds. The molecular formula is C13H17F2IN2. The van der Waals surface area contributed by atoms with E-state index in [9.17, 15) is 8.78 Å². The third kappa shape index (κ3) is 2.83.